The number of nitrogens with zero attached hydrogens (tertiary/aromatic N) is 1. The summed E-state index contributed by atoms with van der Waals surface area (Å²) in [5, 5.41) is 13.4. The minimum Gasteiger partial charge on any atom is -0.322 e. The second-order valence-electron chi connectivity index (χ2n) is 6.24. The average Bonchev–Trinajstić information content (AvgIpc) is 3.23. The summed E-state index contributed by atoms with van der Waals surface area (Å²) in [6, 6.07) is 18.7. The molecule has 3 aromatic rings. The van der Waals surface area contributed by atoms with E-state index in [0.29, 0.717) is 30.6 Å². The fraction of sp³-hybridized carbons (Fsp3) is 0.143. The molecule has 2 N–H and O–H groups in total. The van der Waals surface area contributed by atoms with Crippen molar-refractivity contribution in [2.45, 2.75) is 17.7 Å². The molecule has 0 aliphatic carbocycles. The summed E-state index contributed by atoms with van der Waals surface area (Å²) in [7, 11) is -3.63. The van der Waals surface area contributed by atoms with Crippen molar-refractivity contribution in [1.29, 1.82) is 5.26 Å². The molecule has 2 aromatic carbocycles. The molecule has 0 spiro atoms. The Hall–Kier alpha value is -2.99. The van der Waals surface area contributed by atoms with Crippen molar-refractivity contribution in [3.8, 4) is 6.07 Å². The van der Waals surface area contributed by atoms with E-state index in [2.05, 4.69) is 16.1 Å². The third kappa shape index (κ3) is 5.74. The van der Waals surface area contributed by atoms with Crippen molar-refractivity contribution in [2.24, 2.45) is 0 Å². The van der Waals surface area contributed by atoms with E-state index in [9.17, 15) is 13.2 Å². The van der Waals surface area contributed by atoms with Crippen LogP contribution in [0.3, 0.4) is 0 Å². The summed E-state index contributed by atoms with van der Waals surface area (Å²) in [4.78, 5) is 13.6. The molecule has 0 fully saturated rings. The van der Waals surface area contributed by atoms with Crippen molar-refractivity contribution in [1.82, 2.24) is 4.72 Å². The number of carbonyl (C=O) groups excluding carboxylic acids is 1. The highest BCUT2D eigenvalue weighted by atomic mass is 32.2. The lowest BCUT2D eigenvalue weighted by molar-refractivity contribution is 0.102. The van der Waals surface area contributed by atoms with E-state index in [1.165, 1.54) is 24.3 Å². The van der Waals surface area contributed by atoms with E-state index in [1.54, 1.807) is 35.6 Å². The number of rotatable bonds is 8. The zero-order valence-electron chi connectivity index (χ0n) is 15.5. The van der Waals surface area contributed by atoms with E-state index < -0.39 is 10.0 Å². The van der Waals surface area contributed by atoms with Gasteiger partial charge in [-0.15, -0.1) is 11.3 Å². The maximum absolute atomic E-state index is 12.4. The lowest BCUT2D eigenvalue weighted by atomic mass is 10.1. The second-order valence-corrected chi connectivity index (χ2v) is 9.04. The van der Waals surface area contributed by atoms with Crippen molar-refractivity contribution in [3.05, 3.63) is 82.0 Å². The van der Waals surface area contributed by atoms with Gasteiger partial charge in [-0.1, -0.05) is 18.2 Å². The molecule has 0 aliphatic heterocycles. The van der Waals surface area contributed by atoms with Crippen LogP contribution in [0.5, 0.6) is 0 Å². The van der Waals surface area contributed by atoms with Crippen LogP contribution in [0.2, 0.25) is 0 Å². The van der Waals surface area contributed by atoms with Gasteiger partial charge in [0.15, 0.2) is 0 Å². The quantitative estimate of drug-likeness (QED) is 0.576. The smallest absolute Gasteiger partial charge is 0.255 e. The van der Waals surface area contributed by atoms with Crippen molar-refractivity contribution in [3.63, 3.8) is 0 Å². The van der Waals surface area contributed by atoms with Crippen LogP contribution in [0.1, 0.15) is 20.8 Å². The van der Waals surface area contributed by atoms with Crippen LogP contribution >= 0.6 is 11.3 Å². The zero-order chi connectivity index (χ0) is 20.7. The summed E-state index contributed by atoms with van der Waals surface area (Å²) < 4.78 is 27.3. The highest BCUT2D eigenvalue weighted by Crippen LogP contribution is 2.15. The predicted molar refractivity (Wildman–Crippen MR) is 113 cm³/mol. The molecule has 3 rings (SSSR count). The molecule has 148 valence electrons. The molecule has 0 saturated carbocycles. The van der Waals surface area contributed by atoms with E-state index in [4.69, 9.17) is 5.26 Å². The Labute approximate surface area is 173 Å². The van der Waals surface area contributed by atoms with Gasteiger partial charge in [0.2, 0.25) is 10.0 Å². The third-order valence-electron chi connectivity index (χ3n) is 4.17. The Morgan fingerprint density at radius 1 is 1.03 bits per heavy atom. The number of hydrogen-bond donors (Lipinski definition) is 2. The van der Waals surface area contributed by atoms with Gasteiger partial charge in [-0.25, -0.2) is 13.1 Å². The molecule has 0 atom stereocenters. The van der Waals surface area contributed by atoms with Gasteiger partial charge in [-0.3, -0.25) is 4.79 Å². The Balaban J connectivity index is 1.59. The van der Waals surface area contributed by atoms with Gasteiger partial charge in [-0.2, -0.15) is 5.26 Å². The Morgan fingerprint density at radius 2 is 1.76 bits per heavy atom. The van der Waals surface area contributed by atoms with Crippen molar-refractivity contribution >= 4 is 33.0 Å². The molecule has 1 aromatic heterocycles. The van der Waals surface area contributed by atoms with Gasteiger partial charge in [0.25, 0.3) is 5.91 Å². The van der Waals surface area contributed by atoms with E-state index in [-0.39, 0.29) is 10.8 Å². The van der Waals surface area contributed by atoms with E-state index >= 15 is 0 Å². The molecule has 29 heavy (non-hydrogen) atoms. The second kappa shape index (κ2) is 9.47. The molecule has 0 bridgehead atoms. The number of sulfonamides is 1. The van der Waals surface area contributed by atoms with E-state index in [0.717, 1.165) is 10.4 Å². The number of nitriles is 1. The molecule has 0 saturated heterocycles. The van der Waals surface area contributed by atoms with E-state index in [1.807, 2.05) is 17.5 Å². The van der Waals surface area contributed by atoms with Gasteiger partial charge in [0.05, 0.1) is 17.4 Å². The number of hydrogen-bond acceptors (Lipinski definition) is 5. The highest BCUT2D eigenvalue weighted by Gasteiger charge is 2.15. The Bertz CT molecular complexity index is 1100. The average molecular weight is 426 g/mol. The van der Waals surface area contributed by atoms with Gasteiger partial charge >= 0.3 is 0 Å². The third-order valence-corrected chi connectivity index (χ3v) is 6.58. The first kappa shape index (κ1) is 20.7. The molecular weight excluding hydrogens is 406 g/mol. The fourth-order valence-electron chi connectivity index (χ4n) is 2.63. The zero-order valence-corrected chi connectivity index (χ0v) is 17.1. The minimum atomic E-state index is -3.63. The highest BCUT2D eigenvalue weighted by molar-refractivity contribution is 7.89. The first-order valence-electron chi connectivity index (χ1n) is 8.87. The van der Waals surface area contributed by atoms with Crippen LogP contribution in [0.15, 0.2) is 70.9 Å². The minimum absolute atomic E-state index is 0.112. The number of anilines is 1. The number of benzene rings is 2. The van der Waals surface area contributed by atoms with Gasteiger partial charge in [-0.05, 0) is 59.8 Å². The summed E-state index contributed by atoms with van der Waals surface area (Å²) in [6.45, 7) is 0.312. The first-order chi connectivity index (χ1) is 14.0. The number of thiophene rings is 1. The summed E-state index contributed by atoms with van der Waals surface area (Å²) >= 11 is 1.58. The van der Waals surface area contributed by atoms with Crippen LogP contribution in [0, 0.1) is 11.3 Å². The SMILES string of the molecule is N#CCc1ccc(NC(=O)c2ccc(S(=O)(=O)NCCc3cccs3)cc2)cc1. The number of carbonyl (C=O) groups is 1. The monoisotopic (exact) mass is 425 g/mol. The maximum atomic E-state index is 12.4. The Morgan fingerprint density at radius 3 is 2.38 bits per heavy atom. The fourth-order valence-corrected chi connectivity index (χ4v) is 4.37. The molecule has 1 heterocycles. The summed E-state index contributed by atoms with van der Waals surface area (Å²) in [5.74, 6) is -0.340. The molecule has 6 nitrogen and oxygen atoms in total. The van der Waals surface area contributed by atoms with Crippen molar-refractivity contribution < 1.29 is 13.2 Å². The topological polar surface area (TPSA) is 99.1 Å². The first-order valence-corrected chi connectivity index (χ1v) is 11.2. The predicted octanol–water partition coefficient (Wildman–Crippen LogP) is 3.59. The van der Waals surface area contributed by atoms with Gasteiger partial charge in [0.1, 0.15) is 0 Å². The van der Waals surface area contributed by atoms with Crippen LogP contribution < -0.4 is 10.0 Å². The standard InChI is InChI=1S/C21H19N3O3S2/c22-13-11-16-3-7-18(8-4-16)24-21(25)17-5-9-20(10-6-17)29(26,27)23-14-12-19-2-1-15-28-19/h1-10,15,23H,11-12,14H2,(H,24,25). The van der Waals surface area contributed by atoms with Crippen LogP contribution in [0.4, 0.5) is 5.69 Å². The largest absolute Gasteiger partial charge is 0.322 e. The normalized spacial score (nSPS) is 11.0. The molecule has 0 radical (unpaired) electrons. The van der Waals surface area contributed by atoms with Crippen LogP contribution in [-0.4, -0.2) is 20.9 Å². The molecular formula is C21H19N3O3S2. The van der Waals surface area contributed by atoms with Gasteiger partial charge in [0, 0.05) is 22.7 Å². The van der Waals surface area contributed by atoms with Crippen LogP contribution in [0.25, 0.3) is 0 Å². The molecule has 1 amide bonds. The van der Waals surface area contributed by atoms with Crippen LogP contribution in [-0.2, 0) is 22.9 Å². The lowest BCUT2D eigenvalue weighted by Gasteiger charge is -2.08. The summed E-state index contributed by atoms with van der Waals surface area (Å²) in [6.07, 6.45) is 0.941. The maximum Gasteiger partial charge on any atom is 0.255 e. The van der Waals surface area contributed by atoms with Gasteiger partial charge < -0.3 is 5.32 Å². The number of amides is 1. The molecule has 0 aliphatic rings. The Kier molecular flexibility index (Phi) is 6.77. The summed E-state index contributed by atoms with van der Waals surface area (Å²) in [5.41, 5.74) is 1.82. The van der Waals surface area contributed by atoms with Crippen molar-refractivity contribution in [2.75, 3.05) is 11.9 Å². The molecule has 8 heteroatoms. The number of nitrogens with one attached hydrogen (secondary N) is 2. The molecule has 0 unspecified atom stereocenters. The lowest BCUT2D eigenvalue weighted by Crippen LogP contribution is -2.26.